The number of aromatic amines is 1. The van der Waals surface area contributed by atoms with Gasteiger partial charge in [-0.05, 0) is 67.6 Å². The van der Waals surface area contributed by atoms with Crippen molar-refractivity contribution in [1.29, 1.82) is 0 Å². The van der Waals surface area contributed by atoms with Crippen LogP contribution in [-0.4, -0.2) is 33.3 Å². The van der Waals surface area contributed by atoms with Crippen molar-refractivity contribution in [3.8, 4) is 22.8 Å². The van der Waals surface area contributed by atoms with E-state index in [1.165, 1.54) is 19.1 Å². The molecule has 8 nitrogen and oxygen atoms in total. The summed E-state index contributed by atoms with van der Waals surface area (Å²) in [6.07, 6.45) is 3.44. The molecule has 0 spiro atoms. The maximum absolute atomic E-state index is 12.9. The third-order valence-electron chi connectivity index (χ3n) is 4.35. The van der Waals surface area contributed by atoms with Crippen molar-refractivity contribution in [3.63, 3.8) is 0 Å². The summed E-state index contributed by atoms with van der Waals surface area (Å²) in [6, 6.07) is 18.3. The first kappa shape index (κ1) is 24.1. The van der Waals surface area contributed by atoms with Crippen molar-refractivity contribution >= 4 is 17.6 Å². The topological polar surface area (TPSA) is 109 Å². The second-order valence-electron chi connectivity index (χ2n) is 7.18. The van der Waals surface area contributed by atoms with Gasteiger partial charge in [-0.15, -0.1) is 0 Å². The van der Waals surface area contributed by atoms with Gasteiger partial charge in [0.15, 0.2) is 0 Å². The number of benzene rings is 2. The van der Waals surface area contributed by atoms with E-state index in [0.29, 0.717) is 23.0 Å². The first-order chi connectivity index (χ1) is 16.4. The highest BCUT2D eigenvalue weighted by molar-refractivity contribution is 5.93. The zero-order valence-corrected chi connectivity index (χ0v) is 18.7. The molecule has 2 aromatic heterocycles. The molecule has 34 heavy (non-hydrogen) atoms. The predicted octanol–water partition coefficient (Wildman–Crippen LogP) is 4.47. The van der Waals surface area contributed by atoms with Crippen LogP contribution in [0.1, 0.15) is 12.6 Å². The Balaban J connectivity index is 0.000000469. The van der Waals surface area contributed by atoms with Gasteiger partial charge in [-0.3, -0.25) is 9.59 Å². The van der Waals surface area contributed by atoms with E-state index in [0.717, 1.165) is 11.3 Å². The fraction of sp³-hybridized carbons (Fsp3) is 0.120. The zero-order valence-electron chi connectivity index (χ0n) is 18.7. The Hall–Kier alpha value is -4.53. The molecule has 0 aliphatic heterocycles. The minimum absolute atomic E-state index is 0.114. The van der Waals surface area contributed by atoms with Gasteiger partial charge in [0.1, 0.15) is 23.1 Å². The molecule has 4 rings (SSSR count). The summed E-state index contributed by atoms with van der Waals surface area (Å²) in [6.45, 7) is 3.19. The second kappa shape index (κ2) is 11.9. The van der Waals surface area contributed by atoms with E-state index in [1.54, 1.807) is 48.9 Å². The first-order valence-corrected chi connectivity index (χ1v) is 10.4. The van der Waals surface area contributed by atoms with Crippen LogP contribution in [0.15, 0.2) is 79.3 Å². The number of ether oxygens (including phenoxy) is 1. The third kappa shape index (κ3) is 7.86. The normalized spacial score (nSPS) is 9.97. The molecule has 0 aliphatic rings. The highest BCUT2D eigenvalue weighted by atomic mass is 19.1. The highest BCUT2D eigenvalue weighted by Crippen LogP contribution is 2.25. The fourth-order valence-corrected chi connectivity index (χ4v) is 2.71. The van der Waals surface area contributed by atoms with Gasteiger partial charge >= 0.3 is 0 Å². The highest BCUT2D eigenvalue weighted by Gasteiger charge is 2.06. The van der Waals surface area contributed by atoms with E-state index in [4.69, 9.17) is 4.74 Å². The molecule has 2 heterocycles. The molecule has 0 bridgehead atoms. The number of nitrogens with one attached hydrogen (secondary N) is 3. The lowest BCUT2D eigenvalue weighted by molar-refractivity contribution is -0.122. The number of rotatable bonds is 6. The maximum atomic E-state index is 12.9. The van der Waals surface area contributed by atoms with Crippen LogP contribution in [0.3, 0.4) is 0 Å². The van der Waals surface area contributed by atoms with Crippen molar-refractivity contribution in [2.24, 2.45) is 0 Å². The number of carbonyl (C=O) groups excluding carboxylic acids is 2. The molecule has 0 unspecified atom stereocenters. The van der Waals surface area contributed by atoms with Crippen molar-refractivity contribution in [1.82, 2.24) is 20.3 Å². The van der Waals surface area contributed by atoms with Gasteiger partial charge in [-0.1, -0.05) is 6.07 Å². The molecule has 0 saturated heterocycles. The Morgan fingerprint density at radius 1 is 1.00 bits per heavy atom. The number of hydrogen-bond donors (Lipinski definition) is 3. The number of amides is 2. The van der Waals surface area contributed by atoms with Gasteiger partial charge in [-0.25, -0.2) is 14.4 Å². The summed E-state index contributed by atoms with van der Waals surface area (Å²) < 4.78 is 18.6. The minimum Gasteiger partial charge on any atom is -0.457 e. The van der Waals surface area contributed by atoms with Gasteiger partial charge in [0.05, 0.1) is 18.6 Å². The van der Waals surface area contributed by atoms with Crippen LogP contribution in [0.5, 0.6) is 11.5 Å². The van der Waals surface area contributed by atoms with Gasteiger partial charge < -0.3 is 20.4 Å². The Morgan fingerprint density at radius 3 is 2.24 bits per heavy atom. The SMILES string of the molecule is CC(=O)NCC(=O)Nc1cccc(-c2ccc(Oc3ccc(F)cc3)cc2)n1.Cc1cnc[nH]1. The van der Waals surface area contributed by atoms with Crippen LogP contribution >= 0.6 is 0 Å². The minimum atomic E-state index is -0.358. The van der Waals surface area contributed by atoms with Crippen molar-refractivity contribution in [2.45, 2.75) is 13.8 Å². The smallest absolute Gasteiger partial charge is 0.244 e. The number of imidazole rings is 1. The Bertz CT molecular complexity index is 1210. The number of hydrogen-bond acceptors (Lipinski definition) is 5. The second-order valence-corrected chi connectivity index (χ2v) is 7.18. The van der Waals surface area contributed by atoms with Crippen LogP contribution in [0.2, 0.25) is 0 Å². The molecular weight excluding hydrogens is 437 g/mol. The van der Waals surface area contributed by atoms with E-state index in [9.17, 15) is 14.0 Å². The summed E-state index contributed by atoms with van der Waals surface area (Å²) >= 11 is 0. The Morgan fingerprint density at radius 2 is 1.68 bits per heavy atom. The molecule has 0 fully saturated rings. The zero-order chi connectivity index (χ0) is 24.3. The van der Waals surface area contributed by atoms with E-state index in [2.05, 4.69) is 25.6 Å². The lowest BCUT2D eigenvalue weighted by Gasteiger charge is -2.09. The standard InChI is InChI=1S/C21H18FN3O3.C4H6N2/c1-14(26)23-13-21(27)25-20-4-2-3-19(24-20)15-5-9-17(10-6-15)28-18-11-7-16(22)8-12-18;1-4-2-5-3-6-4/h2-12H,13H2,1H3,(H,23,26)(H,24,25,27);2-3H,1H3,(H,5,6). The average molecular weight is 461 g/mol. The number of anilines is 1. The molecular formula is C25H24FN5O3. The fourth-order valence-electron chi connectivity index (χ4n) is 2.71. The van der Waals surface area contributed by atoms with E-state index < -0.39 is 0 Å². The number of H-pyrrole nitrogens is 1. The molecule has 3 N–H and O–H groups in total. The van der Waals surface area contributed by atoms with Crippen molar-refractivity contribution < 1.29 is 18.7 Å². The van der Waals surface area contributed by atoms with Crippen LogP contribution in [0.25, 0.3) is 11.3 Å². The summed E-state index contributed by atoms with van der Waals surface area (Å²) in [7, 11) is 0. The van der Waals surface area contributed by atoms with E-state index >= 15 is 0 Å². The van der Waals surface area contributed by atoms with E-state index in [-0.39, 0.29) is 24.2 Å². The number of aromatic nitrogens is 3. The Labute approximate surface area is 196 Å². The van der Waals surface area contributed by atoms with Gasteiger partial charge in [0, 0.05) is 24.4 Å². The Kier molecular flexibility index (Phi) is 8.45. The van der Waals surface area contributed by atoms with Crippen LogP contribution in [0.4, 0.5) is 10.2 Å². The van der Waals surface area contributed by atoms with E-state index in [1.807, 2.05) is 25.1 Å². The monoisotopic (exact) mass is 461 g/mol. The number of pyridine rings is 1. The van der Waals surface area contributed by atoms with Crippen molar-refractivity contribution in [3.05, 3.63) is 90.8 Å². The summed E-state index contributed by atoms with van der Waals surface area (Å²) in [5.74, 6) is 0.575. The lowest BCUT2D eigenvalue weighted by atomic mass is 10.1. The quantitative estimate of drug-likeness (QED) is 0.393. The molecule has 0 radical (unpaired) electrons. The van der Waals surface area contributed by atoms with Crippen LogP contribution in [-0.2, 0) is 9.59 Å². The number of halogens is 1. The number of aryl methyl sites for hydroxylation is 1. The maximum Gasteiger partial charge on any atom is 0.244 e. The van der Waals surface area contributed by atoms with Crippen LogP contribution in [0, 0.1) is 12.7 Å². The molecule has 2 aromatic carbocycles. The number of carbonyl (C=O) groups is 2. The predicted molar refractivity (Wildman–Crippen MR) is 127 cm³/mol. The lowest BCUT2D eigenvalue weighted by Crippen LogP contribution is -2.31. The largest absolute Gasteiger partial charge is 0.457 e. The van der Waals surface area contributed by atoms with Gasteiger partial charge in [0.2, 0.25) is 11.8 Å². The first-order valence-electron chi connectivity index (χ1n) is 10.4. The summed E-state index contributed by atoms with van der Waals surface area (Å²) in [4.78, 5) is 33.7. The van der Waals surface area contributed by atoms with Crippen molar-refractivity contribution in [2.75, 3.05) is 11.9 Å². The molecule has 4 aromatic rings. The molecule has 2 amide bonds. The molecule has 174 valence electrons. The average Bonchev–Trinajstić information content (AvgIpc) is 3.31. The third-order valence-corrected chi connectivity index (χ3v) is 4.35. The molecule has 0 aliphatic carbocycles. The number of nitrogens with zero attached hydrogens (tertiary/aromatic N) is 2. The molecule has 0 atom stereocenters. The molecule has 0 saturated carbocycles. The molecule has 9 heteroatoms. The van der Waals surface area contributed by atoms with Gasteiger partial charge in [0.25, 0.3) is 0 Å². The van der Waals surface area contributed by atoms with Gasteiger partial charge in [-0.2, -0.15) is 0 Å². The van der Waals surface area contributed by atoms with Crippen LogP contribution < -0.4 is 15.4 Å². The summed E-state index contributed by atoms with van der Waals surface area (Å²) in [5, 5.41) is 5.06. The summed E-state index contributed by atoms with van der Waals surface area (Å²) in [5.41, 5.74) is 2.62.